The van der Waals surface area contributed by atoms with Crippen LogP contribution in [0.25, 0.3) is 0 Å². The third kappa shape index (κ3) is 4.04. The first-order valence-electron chi connectivity index (χ1n) is 5.50. The van der Waals surface area contributed by atoms with Crippen molar-refractivity contribution in [1.29, 1.82) is 0 Å². The Morgan fingerprint density at radius 1 is 1.38 bits per heavy atom. The van der Waals surface area contributed by atoms with Gasteiger partial charge in [-0.15, -0.1) is 0 Å². The molecule has 0 unspecified atom stereocenters. The zero-order valence-electron chi connectivity index (χ0n) is 9.32. The van der Waals surface area contributed by atoms with Gasteiger partial charge in [0, 0.05) is 4.47 Å². The highest BCUT2D eigenvalue weighted by atomic mass is 79.9. The Morgan fingerprint density at radius 2 is 2.12 bits per heavy atom. The van der Waals surface area contributed by atoms with E-state index in [0.29, 0.717) is 10.0 Å². The summed E-state index contributed by atoms with van der Waals surface area (Å²) in [5.41, 5.74) is 0.687. The van der Waals surface area contributed by atoms with Gasteiger partial charge in [0.15, 0.2) is 0 Å². The summed E-state index contributed by atoms with van der Waals surface area (Å²) in [6.07, 6.45) is 2.77. The predicted molar refractivity (Wildman–Crippen MR) is 70.6 cm³/mol. The molecule has 1 rings (SSSR count). The Kier molecular flexibility index (Phi) is 6.32. The lowest BCUT2D eigenvalue weighted by Crippen LogP contribution is -2.16. The number of hydrogen-bond acceptors (Lipinski definition) is 1. The molecule has 1 N–H and O–H groups in total. The molecule has 1 aromatic rings. The summed E-state index contributed by atoms with van der Waals surface area (Å²) in [7, 11) is 0. The van der Waals surface area contributed by atoms with Crippen molar-refractivity contribution in [2.24, 2.45) is 0 Å². The SMILES string of the molecule is CCCNCCCc1ccc(Br)c(Cl)c1F. The number of rotatable bonds is 6. The van der Waals surface area contributed by atoms with E-state index in [-0.39, 0.29) is 10.8 Å². The molecule has 1 nitrogen and oxygen atoms in total. The van der Waals surface area contributed by atoms with Gasteiger partial charge >= 0.3 is 0 Å². The Morgan fingerprint density at radius 3 is 2.81 bits per heavy atom. The molecule has 0 aliphatic heterocycles. The van der Waals surface area contributed by atoms with Gasteiger partial charge in [0.2, 0.25) is 0 Å². The lowest BCUT2D eigenvalue weighted by molar-refractivity contribution is 0.591. The summed E-state index contributed by atoms with van der Waals surface area (Å²) in [6, 6.07) is 3.57. The maximum atomic E-state index is 13.7. The molecule has 0 heterocycles. The number of halogens is 3. The summed E-state index contributed by atoms with van der Waals surface area (Å²) >= 11 is 9.01. The van der Waals surface area contributed by atoms with E-state index in [2.05, 4.69) is 28.2 Å². The van der Waals surface area contributed by atoms with Crippen LogP contribution < -0.4 is 5.32 Å². The van der Waals surface area contributed by atoms with Gasteiger partial charge in [-0.05, 0) is 59.9 Å². The fraction of sp³-hybridized carbons (Fsp3) is 0.500. The molecule has 1 aromatic carbocycles. The third-order valence-corrected chi connectivity index (χ3v) is 3.60. The molecule has 0 radical (unpaired) electrons. The van der Waals surface area contributed by atoms with Crippen molar-refractivity contribution in [3.63, 3.8) is 0 Å². The van der Waals surface area contributed by atoms with Crippen LogP contribution in [0.4, 0.5) is 4.39 Å². The number of hydrogen-bond donors (Lipinski definition) is 1. The highest BCUT2D eigenvalue weighted by Gasteiger charge is 2.09. The Bertz CT molecular complexity index is 344. The fourth-order valence-corrected chi connectivity index (χ4v) is 1.96. The fourth-order valence-electron chi connectivity index (χ4n) is 1.46. The van der Waals surface area contributed by atoms with Crippen LogP contribution >= 0.6 is 27.5 Å². The number of aryl methyl sites for hydroxylation is 1. The van der Waals surface area contributed by atoms with Crippen LogP contribution in [0, 0.1) is 5.82 Å². The maximum absolute atomic E-state index is 13.7. The molecular formula is C12H16BrClFN. The highest BCUT2D eigenvalue weighted by molar-refractivity contribution is 9.10. The van der Waals surface area contributed by atoms with E-state index in [0.717, 1.165) is 32.4 Å². The molecule has 0 saturated heterocycles. The Labute approximate surface area is 110 Å². The largest absolute Gasteiger partial charge is 0.317 e. The van der Waals surface area contributed by atoms with Crippen molar-refractivity contribution in [2.75, 3.05) is 13.1 Å². The topological polar surface area (TPSA) is 12.0 Å². The second kappa shape index (κ2) is 7.25. The average molecular weight is 309 g/mol. The summed E-state index contributed by atoms with van der Waals surface area (Å²) < 4.78 is 14.3. The van der Waals surface area contributed by atoms with Crippen LogP contribution in [0.2, 0.25) is 5.02 Å². The minimum Gasteiger partial charge on any atom is -0.317 e. The molecule has 0 atom stereocenters. The lowest BCUT2D eigenvalue weighted by Gasteiger charge is -2.06. The third-order valence-electron chi connectivity index (χ3n) is 2.34. The van der Waals surface area contributed by atoms with Gasteiger partial charge in [0.05, 0.1) is 5.02 Å². The molecule has 0 bridgehead atoms. The first kappa shape index (κ1) is 13.9. The Hall–Kier alpha value is -0.120. The van der Waals surface area contributed by atoms with Gasteiger partial charge in [-0.3, -0.25) is 0 Å². The van der Waals surface area contributed by atoms with Crippen molar-refractivity contribution >= 4 is 27.5 Å². The molecule has 0 fully saturated rings. The number of nitrogens with one attached hydrogen (secondary N) is 1. The monoisotopic (exact) mass is 307 g/mol. The predicted octanol–water partition coefficient (Wildman–Crippen LogP) is 4.17. The standard InChI is InChI=1S/C12H16BrClFN/c1-2-7-16-8-3-4-9-5-6-10(13)11(14)12(9)15/h5-6,16H,2-4,7-8H2,1H3. The molecular weight excluding hydrogens is 292 g/mol. The molecule has 16 heavy (non-hydrogen) atoms. The van der Waals surface area contributed by atoms with Gasteiger partial charge < -0.3 is 5.32 Å². The van der Waals surface area contributed by atoms with Crippen LogP contribution in [-0.2, 0) is 6.42 Å². The number of benzene rings is 1. The van der Waals surface area contributed by atoms with E-state index < -0.39 is 0 Å². The minimum absolute atomic E-state index is 0.180. The molecule has 0 aromatic heterocycles. The maximum Gasteiger partial charge on any atom is 0.146 e. The van der Waals surface area contributed by atoms with Gasteiger partial charge in [-0.1, -0.05) is 24.6 Å². The summed E-state index contributed by atoms with van der Waals surface area (Å²) in [6.45, 7) is 4.06. The summed E-state index contributed by atoms with van der Waals surface area (Å²) in [5.74, 6) is -0.300. The Balaban J connectivity index is 2.45. The smallest absolute Gasteiger partial charge is 0.146 e. The first-order valence-corrected chi connectivity index (χ1v) is 6.67. The average Bonchev–Trinajstić information content (AvgIpc) is 2.28. The van der Waals surface area contributed by atoms with Crippen LogP contribution in [-0.4, -0.2) is 13.1 Å². The van der Waals surface area contributed by atoms with E-state index in [1.165, 1.54) is 0 Å². The molecule has 4 heteroatoms. The van der Waals surface area contributed by atoms with Gasteiger partial charge in [0.25, 0.3) is 0 Å². The lowest BCUT2D eigenvalue weighted by atomic mass is 10.1. The molecule has 90 valence electrons. The molecule has 0 amide bonds. The van der Waals surface area contributed by atoms with E-state index in [1.54, 1.807) is 12.1 Å². The minimum atomic E-state index is -0.300. The summed E-state index contributed by atoms with van der Waals surface area (Å²) in [5, 5.41) is 3.47. The zero-order valence-corrected chi connectivity index (χ0v) is 11.7. The van der Waals surface area contributed by atoms with Gasteiger partial charge in [-0.25, -0.2) is 4.39 Å². The van der Waals surface area contributed by atoms with Crippen molar-refractivity contribution in [3.05, 3.63) is 33.0 Å². The van der Waals surface area contributed by atoms with E-state index >= 15 is 0 Å². The van der Waals surface area contributed by atoms with Crippen molar-refractivity contribution in [1.82, 2.24) is 5.32 Å². The second-order valence-electron chi connectivity index (χ2n) is 3.69. The van der Waals surface area contributed by atoms with Crippen molar-refractivity contribution < 1.29 is 4.39 Å². The van der Waals surface area contributed by atoms with Gasteiger partial charge in [-0.2, -0.15) is 0 Å². The summed E-state index contributed by atoms with van der Waals surface area (Å²) in [4.78, 5) is 0. The van der Waals surface area contributed by atoms with Crippen molar-refractivity contribution in [2.45, 2.75) is 26.2 Å². The van der Waals surface area contributed by atoms with E-state index in [9.17, 15) is 4.39 Å². The normalized spacial score (nSPS) is 10.8. The second-order valence-corrected chi connectivity index (χ2v) is 4.92. The van der Waals surface area contributed by atoms with Crippen molar-refractivity contribution in [3.8, 4) is 0 Å². The van der Waals surface area contributed by atoms with E-state index in [1.807, 2.05) is 0 Å². The molecule has 0 saturated carbocycles. The molecule has 0 aliphatic carbocycles. The van der Waals surface area contributed by atoms with Crippen LogP contribution in [0.3, 0.4) is 0 Å². The first-order chi connectivity index (χ1) is 7.66. The van der Waals surface area contributed by atoms with Crippen LogP contribution in [0.1, 0.15) is 25.3 Å². The van der Waals surface area contributed by atoms with Crippen LogP contribution in [0.5, 0.6) is 0 Å². The van der Waals surface area contributed by atoms with Crippen LogP contribution in [0.15, 0.2) is 16.6 Å². The highest BCUT2D eigenvalue weighted by Crippen LogP contribution is 2.27. The van der Waals surface area contributed by atoms with Gasteiger partial charge in [0.1, 0.15) is 5.82 Å². The van der Waals surface area contributed by atoms with E-state index in [4.69, 9.17) is 11.6 Å². The zero-order chi connectivity index (χ0) is 12.0. The molecule has 0 aliphatic rings. The molecule has 0 spiro atoms. The quantitative estimate of drug-likeness (QED) is 0.614.